The Balaban J connectivity index is 2.09. The van der Waals surface area contributed by atoms with Crippen LogP contribution >= 0.6 is 15.9 Å². The molecule has 21 heavy (non-hydrogen) atoms. The van der Waals surface area contributed by atoms with E-state index in [4.69, 9.17) is 4.74 Å². The van der Waals surface area contributed by atoms with Gasteiger partial charge in [-0.1, -0.05) is 15.9 Å². The highest BCUT2D eigenvalue weighted by molar-refractivity contribution is 9.10. The van der Waals surface area contributed by atoms with E-state index in [1.165, 1.54) is 6.42 Å². The molecule has 1 aromatic rings. The fraction of sp³-hybridized carbons (Fsp3) is 0.562. The van der Waals surface area contributed by atoms with Gasteiger partial charge in [-0.2, -0.15) is 0 Å². The normalized spacial score (nSPS) is 18.0. The molecule has 1 N–H and O–H groups in total. The number of ether oxygens (including phenoxy) is 1. The van der Waals surface area contributed by atoms with Gasteiger partial charge in [-0.3, -0.25) is 4.79 Å². The Morgan fingerprint density at radius 1 is 1.52 bits per heavy atom. The van der Waals surface area contributed by atoms with Crippen molar-refractivity contribution in [2.45, 2.75) is 25.8 Å². The van der Waals surface area contributed by atoms with E-state index in [0.717, 1.165) is 35.1 Å². The van der Waals surface area contributed by atoms with Gasteiger partial charge in [-0.05, 0) is 50.1 Å². The van der Waals surface area contributed by atoms with Gasteiger partial charge in [-0.25, -0.2) is 0 Å². The molecule has 2 rings (SSSR count). The summed E-state index contributed by atoms with van der Waals surface area (Å²) < 4.78 is 6.17. The van der Waals surface area contributed by atoms with Crippen LogP contribution in [-0.4, -0.2) is 50.2 Å². The molecule has 1 heterocycles. The van der Waals surface area contributed by atoms with Crippen LogP contribution in [0.4, 0.5) is 0 Å². The van der Waals surface area contributed by atoms with Gasteiger partial charge in [0.1, 0.15) is 0 Å². The first-order chi connectivity index (χ1) is 10.1. The Kier molecular flexibility index (Phi) is 6.21. The van der Waals surface area contributed by atoms with Crippen LogP contribution in [0.25, 0.3) is 0 Å². The molecule has 116 valence electrons. The van der Waals surface area contributed by atoms with Crippen molar-refractivity contribution in [1.29, 1.82) is 0 Å². The van der Waals surface area contributed by atoms with Crippen molar-refractivity contribution in [2.24, 2.45) is 0 Å². The third-order valence-electron chi connectivity index (χ3n) is 3.86. The number of carbonyl (C=O) groups excluding carboxylic acids is 1. The molecule has 1 saturated heterocycles. The molecule has 0 aliphatic carbocycles. The summed E-state index contributed by atoms with van der Waals surface area (Å²) in [5.74, 6) is 0.0800. The van der Waals surface area contributed by atoms with Gasteiger partial charge in [0.25, 0.3) is 5.91 Å². The number of amides is 1. The number of hydrogen-bond donors (Lipinski definition) is 1. The number of halogens is 1. The van der Waals surface area contributed by atoms with Crippen LogP contribution in [0.1, 0.15) is 28.8 Å². The molecule has 0 saturated carbocycles. The molecule has 0 bridgehead atoms. The first-order valence-corrected chi connectivity index (χ1v) is 8.19. The molecule has 1 unspecified atom stereocenters. The number of nitrogens with zero attached hydrogens (tertiary/aromatic N) is 1. The lowest BCUT2D eigenvalue weighted by Crippen LogP contribution is -2.42. The Labute approximate surface area is 135 Å². The third kappa shape index (κ3) is 4.53. The monoisotopic (exact) mass is 354 g/mol. The molecule has 0 spiro atoms. The first kappa shape index (κ1) is 16.5. The molecular weight excluding hydrogens is 332 g/mol. The average Bonchev–Trinajstić information content (AvgIpc) is 2.98. The van der Waals surface area contributed by atoms with Gasteiger partial charge < -0.3 is 15.0 Å². The van der Waals surface area contributed by atoms with Crippen molar-refractivity contribution in [3.05, 3.63) is 33.8 Å². The number of hydrogen-bond acceptors (Lipinski definition) is 3. The van der Waals surface area contributed by atoms with Crippen LogP contribution in [-0.2, 0) is 4.74 Å². The minimum Gasteiger partial charge on any atom is -0.383 e. The molecule has 0 radical (unpaired) electrons. The fourth-order valence-corrected chi connectivity index (χ4v) is 2.86. The molecule has 5 heteroatoms. The molecule has 1 aliphatic rings. The maximum absolute atomic E-state index is 12.7. The Bertz CT molecular complexity index is 487. The van der Waals surface area contributed by atoms with Crippen LogP contribution in [0.2, 0.25) is 0 Å². The summed E-state index contributed by atoms with van der Waals surface area (Å²) in [6, 6.07) is 6.16. The van der Waals surface area contributed by atoms with E-state index in [2.05, 4.69) is 21.2 Å². The quantitative estimate of drug-likeness (QED) is 0.853. The fourth-order valence-electron chi connectivity index (χ4n) is 2.62. The Morgan fingerprint density at radius 2 is 2.33 bits per heavy atom. The van der Waals surface area contributed by atoms with E-state index in [1.54, 1.807) is 7.11 Å². The largest absolute Gasteiger partial charge is 0.383 e. The maximum Gasteiger partial charge on any atom is 0.253 e. The summed E-state index contributed by atoms with van der Waals surface area (Å²) >= 11 is 3.47. The number of methoxy groups -OCH3 is 1. The number of benzene rings is 1. The second-order valence-electron chi connectivity index (χ2n) is 5.50. The van der Waals surface area contributed by atoms with Gasteiger partial charge in [0, 0.05) is 36.3 Å². The minimum atomic E-state index is 0.0800. The van der Waals surface area contributed by atoms with Crippen LogP contribution in [0.5, 0.6) is 0 Å². The number of nitrogens with one attached hydrogen (secondary N) is 1. The highest BCUT2D eigenvalue weighted by atomic mass is 79.9. The SMILES string of the molecule is COCCN(CC1CCCN1)C(=O)c1ccc(Br)c(C)c1. The van der Waals surface area contributed by atoms with Crippen molar-refractivity contribution in [2.75, 3.05) is 33.4 Å². The van der Waals surface area contributed by atoms with E-state index in [9.17, 15) is 4.79 Å². The zero-order valence-electron chi connectivity index (χ0n) is 12.7. The third-order valence-corrected chi connectivity index (χ3v) is 4.75. The summed E-state index contributed by atoms with van der Waals surface area (Å²) in [7, 11) is 1.67. The van der Waals surface area contributed by atoms with Crippen LogP contribution < -0.4 is 5.32 Å². The zero-order valence-corrected chi connectivity index (χ0v) is 14.3. The van der Waals surface area contributed by atoms with Gasteiger partial charge in [0.2, 0.25) is 0 Å². The molecule has 1 amide bonds. The Hall–Kier alpha value is -0.910. The zero-order chi connectivity index (χ0) is 15.2. The van der Waals surface area contributed by atoms with Crippen molar-refractivity contribution in [1.82, 2.24) is 10.2 Å². The topological polar surface area (TPSA) is 41.6 Å². The lowest BCUT2D eigenvalue weighted by atomic mass is 10.1. The molecular formula is C16H23BrN2O2. The summed E-state index contributed by atoms with van der Waals surface area (Å²) in [6.45, 7) is 4.99. The number of aryl methyl sites for hydroxylation is 1. The summed E-state index contributed by atoms with van der Waals surface area (Å²) in [6.07, 6.45) is 2.32. The summed E-state index contributed by atoms with van der Waals surface area (Å²) in [5.41, 5.74) is 1.82. The van der Waals surface area contributed by atoms with Gasteiger partial charge in [0.05, 0.1) is 6.61 Å². The van der Waals surface area contributed by atoms with E-state index in [-0.39, 0.29) is 5.91 Å². The highest BCUT2D eigenvalue weighted by Crippen LogP contribution is 2.18. The lowest BCUT2D eigenvalue weighted by Gasteiger charge is -2.26. The Morgan fingerprint density at radius 3 is 2.95 bits per heavy atom. The van der Waals surface area contributed by atoms with Crippen molar-refractivity contribution < 1.29 is 9.53 Å². The van der Waals surface area contributed by atoms with Crippen LogP contribution in [0.15, 0.2) is 22.7 Å². The predicted molar refractivity (Wildman–Crippen MR) is 87.7 cm³/mol. The lowest BCUT2D eigenvalue weighted by molar-refractivity contribution is 0.0679. The molecule has 1 atom stereocenters. The average molecular weight is 355 g/mol. The molecule has 0 aromatic heterocycles. The van der Waals surface area contributed by atoms with Gasteiger partial charge in [-0.15, -0.1) is 0 Å². The van der Waals surface area contributed by atoms with Crippen molar-refractivity contribution >= 4 is 21.8 Å². The van der Waals surface area contributed by atoms with Crippen LogP contribution in [0.3, 0.4) is 0 Å². The maximum atomic E-state index is 12.7. The van der Waals surface area contributed by atoms with E-state index >= 15 is 0 Å². The van der Waals surface area contributed by atoms with E-state index in [0.29, 0.717) is 19.2 Å². The van der Waals surface area contributed by atoms with E-state index in [1.807, 2.05) is 30.0 Å². The molecule has 1 fully saturated rings. The highest BCUT2D eigenvalue weighted by Gasteiger charge is 2.22. The summed E-state index contributed by atoms with van der Waals surface area (Å²) in [4.78, 5) is 14.6. The van der Waals surface area contributed by atoms with Crippen molar-refractivity contribution in [3.8, 4) is 0 Å². The first-order valence-electron chi connectivity index (χ1n) is 7.39. The standard InChI is InChI=1S/C16H23BrN2O2/c1-12-10-13(5-6-15(12)17)16(20)19(8-9-21-2)11-14-4-3-7-18-14/h5-6,10,14,18H,3-4,7-9,11H2,1-2H3. The number of rotatable bonds is 6. The second-order valence-corrected chi connectivity index (χ2v) is 6.36. The second kappa shape index (κ2) is 7.92. The predicted octanol–water partition coefficient (Wildman–Crippen LogP) is 2.60. The smallest absolute Gasteiger partial charge is 0.253 e. The minimum absolute atomic E-state index is 0.0800. The molecule has 1 aromatic carbocycles. The van der Waals surface area contributed by atoms with Gasteiger partial charge >= 0.3 is 0 Å². The van der Waals surface area contributed by atoms with E-state index < -0.39 is 0 Å². The molecule has 4 nitrogen and oxygen atoms in total. The number of carbonyl (C=O) groups is 1. The van der Waals surface area contributed by atoms with Crippen molar-refractivity contribution in [3.63, 3.8) is 0 Å². The molecule has 1 aliphatic heterocycles. The van der Waals surface area contributed by atoms with Gasteiger partial charge in [0.15, 0.2) is 0 Å². The summed E-state index contributed by atoms with van der Waals surface area (Å²) in [5, 5.41) is 3.45. The van der Waals surface area contributed by atoms with Crippen LogP contribution in [0, 0.1) is 6.92 Å².